The lowest BCUT2D eigenvalue weighted by Gasteiger charge is -2.13. The molecule has 0 saturated heterocycles. The van der Waals surface area contributed by atoms with Crippen molar-refractivity contribution < 1.29 is 4.42 Å². The number of hydrogen-bond acceptors (Lipinski definition) is 3. The van der Waals surface area contributed by atoms with Gasteiger partial charge < -0.3 is 9.73 Å². The monoisotopic (exact) mass is 267 g/mol. The molecule has 0 saturated carbocycles. The first kappa shape index (κ1) is 12.7. The summed E-state index contributed by atoms with van der Waals surface area (Å²) < 4.78 is 5.40. The summed E-state index contributed by atoms with van der Waals surface area (Å²) in [6.07, 6.45) is 0. The topological polar surface area (TPSA) is 42.2 Å². The first-order valence-electron chi connectivity index (χ1n) is 6.79. The smallest absolute Gasteiger partial charge is 0.344 e. The average molecular weight is 267 g/mol. The first-order chi connectivity index (χ1) is 9.56. The minimum absolute atomic E-state index is 0.271. The fourth-order valence-corrected chi connectivity index (χ4v) is 2.62. The summed E-state index contributed by atoms with van der Waals surface area (Å²) in [5, 5.41) is 5.97. The van der Waals surface area contributed by atoms with Crippen LogP contribution in [-0.4, -0.2) is 6.04 Å². The molecule has 0 atom stereocenters. The minimum atomic E-state index is -0.271. The van der Waals surface area contributed by atoms with Crippen molar-refractivity contribution in [3.05, 3.63) is 52.4 Å². The zero-order valence-electron chi connectivity index (χ0n) is 11.9. The first-order valence-corrected chi connectivity index (χ1v) is 6.79. The molecule has 0 aliphatic heterocycles. The van der Waals surface area contributed by atoms with Crippen LogP contribution in [-0.2, 0) is 0 Å². The van der Waals surface area contributed by atoms with Gasteiger partial charge in [0, 0.05) is 22.5 Å². The molecule has 0 spiro atoms. The Balaban J connectivity index is 2.43. The van der Waals surface area contributed by atoms with Crippen molar-refractivity contribution in [3.8, 4) is 0 Å². The molecule has 1 N–H and O–H groups in total. The van der Waals surface area contributed by atoms with Crippen LogP contribution >= 0.6 is 0 Å². The number of aryl methyl sites for hydroxylation is 1. The number of rotatable bonds is 2. The maximum Gasteiger partial charge on any atom is 0.344 e. The molecule has 102 valence electrons. The van der Waals surface area contributed by atoms with Crippen LogP contribution in [0.15, 0.2) is 45.6 Å². The normalized spacial score (nSPS) is 11.4. The van der Waals surface area contributed by atoms with Gasteiger partial charge in [-0.1, -0.05) is 18.2 Å². The molecular formula is C17H17NO2. The fourth-order valence-electron chi connectivity index (χ4n) is 2.62. The summed E-state index contributed by atoms with van der Waals surface area (Å²) in [5.74, 6) is 0. The molecule has 3 rings (SSSR count). The largest absolute Gasteiger partial charge is 0.422 e. The quantitative estimate of drug-likeness (QED) is 0.562. The van der Waals surface area contributed by atoms with E-state index in [0.717, 1.165) is 22.0 Å². The number of benzene rings is 2. The number of para-hydroxylation sites is 1. The highest BCUT2D eigenvalue weighted by Gasteiger charge is 2.11. The van der Waals surface area contributed by atoms with Crippen molar-refractivity contribution in [3.63, 3.8) is 0 Å². The number of nitrogens with one attached hydrogen (secondary N) is 1. The van der Waals surface area contributed by atoms with Crippen molar-refractivity contribution in [2.75, 3.05) is 5.32 Å². The van der Waals surface area contributed by atoms with Gasteiger partial charge >= 0.3 is 5.63 Å². The molecule has 1 heterocycles. The van der Waals surface area contributed by atoms with Gasteiger partial charge in [0.2, 0.25) is 0 Å². The van der Waals surface area contributed by atoms with Crippen LogP contribution in [0.5, 0.6) is 0 Å². The van der Waals surface area contributed by atoms with E-state index in [-0.39, 0.29) is 5.63 Å². The highest BCUT2D eigenvalue weighted by Crippen LogP contribution is 2.28. The zero-order chi connectivity index (χ0) is 14.3. The van der Waals surface area contributed by atoms with Crippen molar-refractivity contribution in [1.29, 1.82) is 0 Å². The number of anilines is 1. The van der Waals surface area contributed by atoms with Crippen molar-refractivity contribution in [2.24, 2.45) is 0 Å². The molecule has 0 aliphatic rings. The molecule has 0 radical (unpaired) electrons. The van der Waals surface area contributed by atoms with E-state index in [1.165, 1.54) is 0 Å². The Morgan fingerprint density at radius 3 is 2.60 bits per heavy atom. The molecule has 3 nitrogen and oxygen atoms in total. The molecule has 0 unspecified atom stereocenters. The highest BCUT2D eigenvalue weighted by atomic mass is 16.4. The summed E-state index contributed by atoms with van der Waals surface area (Å²) in [7, 11) is 0. The lowest BCUT2D eigenvalue weighted by Crippen LogP contribution is -2.10. The van der Waals surface area contributed by atoms with E-state index in [9.17, 15) is 4.79 Å². The van der Waals surface area contributed by atoms with Crippen LogP contribution < -0.4 is 10.9 Å². The Kier molecular flexibility index (Phi) is 2.97. The maximum atomic E-state index is 12.2. The summed E-state index contributed by atoms with van der Waals surface area (Å²) >= 11 is 0. The van der Waals surface area contributed by atoms with Crippen LogP contribution in [0.4, 0.5) is 5.69 Å². The van der Waals surface area contributed by atoms with Gasteiger partial charge in [-0.2, -0.15) is 0 Å². The van der Waals surface area contributed by atoms with Gasteiger partial charge in [-0.3, -0.25) is 0 Å². The molecular weight excluding hydrogens is 250 g/mol. The van der Waals surface area contributed by atoms with Gasteiger partial charge in [-0.15, -0.1) is 0 Å². The molecule has 3 heteroatoms. The van der Waals surface area contributed by atoms with Gasteiger partial charge in [0.25, 0.3) is 0 Å². The Morgan fingerprint density at radius 1 is 1.10 bits per heavy atom. The predicted molar refractivity (Wildman–Crippen MR) is 83.5 cm³/mol. The maximum absolute atomic E-state index is 12.2. The Labute approximate surface area is 117 Å². The molecule has 2 aromatic carbocycles. The van der Waals surface area contributed by atoms with E-state index in [0.29, 0.717) is 17.0 Å². The SMILES string of the molecule is Cc1cc(NC(C)C)cc2c1c(=O)oc1ccccc12. The molecule has 0 aliphatic carbocycles. The summed E-state index contributed by atoms with van der Waals surface area (Å²) in [6, 6.07) is 12.0. The van der Waals surface area contributed by atoms with E-state index in [1.54, 1.807) is 0 Å². The Bertz CT molecular complexity index is 847. The lowest BCUT2D eigenvalue weighted by molar-refractivity contribution is 0.569. The van der Waals surface area contributed by atoms with Gasteiger partial charge in [0.15, 0.2) is 0 Å². The van der Waals surface area contributed by atoms with Crippen molar-refractivity contribution in [1.82, 2.24) is 0 Å². The molecule has 3 aromatic rings. The average Bonchev–Trinajstić information content (AvgIpc) is 2.37. The highest BCUT2D eigenvalue weighted by molar-refractivity contribution is 6.06. The Morgan fingerprint density at radius 2 is 1.85 bits per heavy atom. The van der Waals surface area contributed by atoms with Crippen LogP contribution in [0.1, 0.15) is 19.4 Å². The van der Waals surface area contributed by atoms with Gasteiger partial charge in [0.1, 0.15) is 5.58 Å². The molecule has 0 bridgehead atoms. The Hall–Kier alpha value is -2.29. The van der Waals surface area contributed by atoms with Crippen LogP contribution in [0, 0.1) is 6.92 Å². The van der Waals surface area contributed by atoms with E-state index in [4.69, 9.17) is 4.42 Å². The van der Waals surface area contributed by atoms with Crippen LogP contribution in [0.25, 0.3) is 21.7 Å². The molecule has 0 fully saturated rings. The third kappa shape index (κ3) is 2.05. The zero-order valence-corrected chi connectivity index (χ0v) is 11.9. The standard InChI is InChI=1S/C17H17NO2/c1-10(2)18-12-8-11(3)16-14(9-12)13-6-4-5-7-15(13)20-17(16)19/h4-10,18H,1-3H3. The van der Waals surface area contributed by atoms with Gasteiger partial charge in [-0.25, -0.2) is 4.79 Å². The van der Waals surface area contributed by atoms with E-state index >= 15 is 0 Å². The summed E-state index contributed by atoms with van der Waals surface area (Å²) in [6.45, 7) is 6.13. The van der Waals surface area contributed by atoms with Crippen molar-refractivity contribution in [2.45, 2.75) is 26.8 Å². The van der Waals surface area contributed by atoms with Crippen LogP contribution in [0.2, 0.25) is 0 Å². The third-order valence-corrected chi connectivity index (χ3v) is 3.37. The fraction of sp³-hybridized carbons (Fsp3) is 0.235. The number of hydrogen-bond donors (Lipinski definition) is 1. The van der Waals surface area contributed by atoms with Crippen LogP contribution in [0.3, 0.4) is 0 Å². The minimum Gasteiger partial charge on any atom is -0.422 e. The number of fused-ring (bicyclic) bond motifs is 3. The summed E-state index contributed by atoms with van der Waals surface area (Å²) in [5.41, 5.74) is 2.32. The lowest BCUT2D eigenvalue weighted by atomic mass is 10.0. The molecule has 0 amide bonds. The third-order valence-electron chi connectivity index (χ3n) is 3.37. The second-order valence-corrected chi connectivity index (χ2v) is 5.40. The van der Waals surface area contributed by atoms with Crippen molar-refractivity contribution >= 4 is 27.4 Å². The van der Waals surface area contributed by atoms with Gasteiger partial charge in [0.05, 0.1) is 5.39 Å². The van der Waals surface area contributed by atoms with Gasteiger partial charge in [-0.05, 0) is 44.5 Å². The molecule has 20 heavy (non-hydrogen) atoms. The second kappa shape index (κ2) is 4.67. The second-order valence-electron chi connectivity index (χ2n) is 5.40. The molecule has 1 aromatic heterocycles. The predicted octanol–water partition coefficient (Wildman–Crippen LogP) is 4.07. The van der Waals surface area contributed by atoms with E-state index in [2.05, 4.69) is 19.2 Å². The van der Waals surface area contributed by atoms with E-state index in [1.807, 2.05) is 43.3 Å². The summed E-state index contributed by atoms with van der Waals surface area (Å²) in [4.78, 5) is 12.2. The van der Waals surface area contributed by atoms with E-state index < -0.39 is 0 Å².